The van der Waals surface area contributed by atoms with Crippen molar-refractivity contribution in [2.24, 2.45) is 0 Å². The normalized spacial score (nSPS) is 13.8. The van der Waals surface area contributed by atoms with Crippen molar-refractivity contribution in [1.29, 1.82) is 0 Å². The molecule has 0 amide bonds. The van der Waals surface area contributed by atoms with Crippen LogP contribution in [0.4, 0.5) is 0 Å². The molecule has 3 aromatic rings. The van der Waals surface area contributed by atoms with Gasteiger partial charge in [0.2, 0.25) is 0 Å². The fraction of sp³-hybridized carbons (Fsp3) is 0.400. The van der Waals surface area contributed by atoms with E-state index in [1.807, 2.05) is 31.2 Å². The molecule has 1 aliphatic carbocycles. The van der Waals surface area contributed by atoms with Crippen LogP contribution in [0, 0.1) is 0 Å². The summed E-state index contributed by atoms with van der Waals surface area (Å²) in [5, 5.41) is 1.60. The Morgan fingerprint density at radius 3 is 2.69 bits per heavy atom. The van der Waals surface area contributed by atoms with Crippen molar-refractivity contribution >= 4 is 33.3 Å². The number of aromatic nitrogens is 2. The summed E-state index contributed by atoms with van der Waals surface area (Å²) in [6.07, 6.45) is 4.45. The Bertz CT molecular complexity index is 990. The van der Waals surface area contributed by atoms with Crippen molar-refractivity contribution in [3.05, 3.63) is 45.1 Å². The molecule has 0 radical (unpaired) electrons. The first-order chi connectivity index (χ1) is 12.7. The Labute approximate surface area is 161 Å². The quantitative estimate of drug-likeness (QED) is 0.465. The van der Waals surface area contributed by atoms with Crippen molar-refractivity contribution in [3.63, 3.8) is 0 Å². The van der Waals surface area contributed by atoms with Gasteiger partial charge in [-0.3, -0.25) is 9.36 Å². The van der Waals surface area contributed by atoms with Crippen molar-refractivity contribution in [2.75, 3.05) is 12.4 Å². The maximum atomic E-state index is 13.5. The maximum absolute atomic E-state index is 13.5. The van der Waals surface area contributed by atoms with E-state index in [0.29, 0.717) is 6.61 Å². The predicted octanol–water partition coefficient (Wildman–Crippen LogP) is 4.84. The number of ether oxygens (including phenoxy) is 1. The minimum Gasteiger partial charge on any atom is -0.494 e. The molecule has 6 heteroatoms. The van der Waals surface area contributed by atoms with E-state index in [9.17, 15) is 4.79 Å². The second-order valence-electron chi connectivity index (χ2n) is 6.29. The van der Waals surface area contributed by atoms with Gasteiger partial charge in [0.05, 0.1) is 17.7 Å². The molecule has 0 unspecified atom stereocenters. The summed E-state index contributed by atoms with van der Waals surface area (Å²) in [4.78, 5) is 20.6. The number of thiophene rings is 1. The van der Waals surface area contributed by atoms with Gasteiger partial charge in [-0.15, -0.1) is 11.3 Å². The summed E-state index contributed by atoms with van der Waals surface area (Å²) >= 11 is 3.32. The minimum absolute atomic E-state index is 0.0644. The molecule has 0 bridgehead atoms. The van der Waals surface area contributed by atoms with E-state index in [2.05, 4.69) is 6.92 Å². The summed E-state index contributed by atoms with van der Waals surface area (Å²) in [7, 11) is 0. The molecule has 0 spiro atoms. The molecule has 0 saturated heterocycles. The monoisotopic (exact) mass is 386 g/mol. The third-order valence-electron chi connectivity index (χ3n) is 4.64. The number of hydrogen-bond acceptors (Lipinski definition) is 5. The van der Waals surface area contributed by atoms with Gasteiger partial charge in [-0.1, -0.05) is 18.7 Å². The lowest BCUT2D eigenvalue weighted by Crippen LogP contribution is -2.22. The zero-order valence-corrected chi connectivity index (χ0v) is 16.7. The van der Waals surface area contributed by atoms with Crippen molar-refractivity contribution in [1.82, 2.24) is 9.55 Å². The summed E-state index contributed by atoms with van der Waals surface area (Å²) in [5.41, 5.74) is 2.15. The Morgan fingerprint density at radius 1 is 1.19 bits per heavy atom. The molecule has 26 heavy (non-hydrogen) atoms. The Morgan fingerprint density at radius 2 is 1.96 bits per heavy atom. The molecule has 1 aromatic carbocycles. The van der Waals surface area contributed by atoms with Crippen LogP contribution in [0.25, 0.3) is 15.9 Å². The lowest BCUT2D eigenvalue weighted by atomic mass is 9.97. The Kier molecular flexibility index (Phi) is 5.05. The predicted molar refractivity (Wildman–Crippen MR) is 109 cm³/mol. The van der Waals surface area contributed by atoms with Gasteiger partial charge < -0.3 is 4.74 Å². The SMILES string of the molecule is CCOc1ccc(-n2c(SCC)nc3sc4c(c3c2=O)CCCC4)cc1. The zero-order valence-electron chi connectivity index (χ0n) is 15.1. The van der Waals surface area contributed by atoms with E-state index in [-0.39, 0.29) is 5.56 Å². The molecule has 136 valence electrons. The Balaban J connectivity index is 1.92. The first kappa shape index (κ1) is 17.6. The molecule has 0 aliphatic heterocycles. The molecule has 0 saturated carbocycles. The third-order valence-corrected chi connectivity index (χ3v) is 6.64. The van der Waals surface area contributed by atoms with Crippen LogP contribution in [-0.4, -0.2) is 21.9 Å². The van der Waals surface area contributed by atoms with Crippen LogP contribution in [0.1, 0.15) is 37.1 Å². The van der Waals surface area contributed by atoms with E-state index < -0.39 is 0 Å². The Hall–Kier alpha value is -1.79. The smallest absolute Gasteiger partial charge is 0.267 e. The molecule has 4 rings (SSSR count). The number of aryl methyl sites for hydroxylation is 2. The molecular weight excluding hydrogens is 364 g/mol. The van der Waals surface area contributed by atoms with Crippen LogP contribution in [0.15, 0.2) is 34.2 Å². The molecule has 0 N–H and O–H groups in total. The lowest BCUT2D eigenvalue weighted by molar-refractivity contribution is 0.340. The molecule has 0 atom stereocenters. The van der Waals surface area contributed by atoms with E-state index in [4.69, 9.17) is 9.72 Å². The number of thioether (sulfide) groups is 1. The second-order valence-corrected chi connectivity index (χ2v) is 8.60. The summed E-state index contributed by atoms with van der Waals surface area (Å²) in [5.74, 6) is 1.69. The average Bonchev–Trinajstić information content (AvgIpc) is 3.02. The molecule has 2 heterocycles. The van der Waals surface area contributed by atoms with Gasteiger partial charge in [-0.25, -0.2) is 4.98 Å². The highest BCUT2D eigenvalue weighted by Crippen LogP contribution is 2.35. The van der Waals surface area contributed by atoms with E-state index in [0.717, 1.165) is 51.8 Å². The van der Waals surface area contributed by atoms with Gasteiger partial charge in [0, 0.05) is 4.88 Å². The molecule has 4 nitrogen and oxygen atoms in total. The summed E-state index contributed by atoms with van der Waals surface area (Å²) in [6.45, 7) is 4.68. The maximum Gasteiger partial charge on any atom is 0.267 e. The fourth-order valence-corrected chi connectivity index (χ4v) is 5.54. The highest BCUT2D eigenvalue weighted by molar-refractivity contribution is 7.99. The topological polar surface area (TPSA) is 44.1 Å². The van der Waals surface area contributed by atoms with Crippen LogP contribution < -0.4 is 10.3 Å². The van der Waals surface area contributed by atoms with Crippen LogP contribution >= 0.6 is 23.1 Å². The van der Waals surface area contributed by atoms with Crippen LogP contribution in [0.3, 0.4) is 0 Å². The van der Waals surface area contributed by atoms with Gasteiger partial charge in [0.15, 0.2) is 5.16 Å². The molecule has 0 fully saturated rings. The fourth-order valence-electron chi connectivity index (χ4n) is 3.50. The first-order valence-corrected chi connectivity index (χ1v) is 11.0. The van der Waals surface area contributed by atoms with Gasteiger partial charge in [0.25, 0.3) is 5.56 Å². The number of nitrogens with zero attached hydrogens (tertiary/aromatic N) is 2. The number of benzene rings is 1. The molecule has 2 aromatic heterocycles. The average molecular weight is 387 g/mol. The minimum atomic E-state index is 0.0644. The van der Waals surface area contributed by atoms with Crippen LogP contribution in [0.5, 0.6) is 5.75 Å². The largest absolute Gasteiger partial charge is 0.494 e. The van der Waals surface area contributed by atoms with Crippen molar-refractivity contribution < 1.29 is 4.74 Å². The zero-order chi connectivity index (χ0) is 18.1. The summed E-state index contributed by atoms with van der Waals surface area (Å²) in [6, 6.07) is 7.72. The van der Waals surface area contributed by atoms with Crippen LogP contribution in [-0.2, 0) is 12.8 Å². The van der Waals surface area contributed by atoms with Gasteiger partial charge in [-0.05, 0) is 68.2 Å². The third kappa shape index (κ3) is 3.05. The second kappa shape index (κ2) is 7.45. The van der Waals surface area contributed by atoms with Crippen molar-refractivity contribution in [3.8, 4) is 11.4 Å². The van der Waals surface area contributed by atoms with Gasteiger partial charge in [-0.2, -0.15) is 0 Å². The molecular formula is C20H22N2O2S2. The first-order valence-electron chi connectivity index (χ1n) is 9.16. The van der Waals surface area contributed by atoms with Crippen molar-refractivity contribution in [2.45, 2.75) is 44.7 Å². The highest BCUT2D eigenvalue weighted by atomic mass is 32.2. The van der Waals surface area contributed by atoms with E-state index in [1.165, 1.54) is 16.9 Å². The number of hydrogen-bond donors (Lipinski definition) is 0. The van der Waals surface area contributed by atoms with Gasteiger partial charge in [0.1, 0.15) is 10.6 Å². The summed E-state index contributed by atoms with van der Waals surface area (Å²) < 4.78 is 7.30. The number of fused-ring (bicyclic) bond motifs is 3. The van der Waals surface area contributed by atoms with Gasteiger partial charge >= 0.3 is 0 Å². The van der Waals surface area contributed by atoms with E-state index >= 15 is 0 Å². The van der Waals surface area contributed by atoms with E-state index in [1.54, 1.807) is 27.7 Å². The lowest BCUT2D eigenvalue weighted by Gasteiger charge is -2.13. The van der Waals surface area contributed by atoms with Crippen LogP contribution in [0.2, 0.25) is 0 Å². The number of rotatable bonds is 5. The highest BCUT2D eigenvalue weighted by Gasteiger charge is 2.22. The standard InChI is InChI=1S/C20H22N2O2S2/c1-3-24-14-11-9-13(10-12-14)22-19(23)17-15-7-5-6-8-16(15)26-18(17)21-20(22)25-4-2/h9-12H,3-8H2,1-2H3. The molecule has 1 aliphatic rings.